The summed E-state index contributed by atoms with van der Waals surface area (Å²) in [7, 11) is 0. The summed E-state index contributed by atoms with van der Waals surface area (Å²) in [5, 5.41) is 2.03. The van der Waals surface area contributed by atoms with Crippen LogP contribution in [0, 0.1) is 17.3 Å². The number of fused-ring (bicyclic) bond motifs is 1. The van der Waals surface area contributed by atoms with Gasteiger partial charge in [0, 0.05) is 35.9 Å². The van der Waals surface area contributed by atoms with E-state index in [1.54, 1.807) is 11.3 Å². The number of ether oxygens (including phenoxy) is 2. The highest BCUT2D eigenvalue weighted by atomic mass is 32.1. The van der Waals surface area contributed by atoms with E-state index in [1.807, 2.05) is 22.4 Å². The Balaban J connectivity index is 1.36. The number of hydrogen-bond donors (Lipinski definition) is 0. The number of rotatable bonds is 6. The molecule has 4 rings (SSSR count). The van der Waals surface area contributed by atoms with Crippen molar-refractivity contribution in [2.75, 3.05) is 39.5 Å². The summed E-state index contributed by atoms with van der Waals surface area (Å²) in [5.41, 5.74) is 0.0417. The Bertz CT molecular complexity index is 528. The summed E-state index contributed by atoms with van der Waals surface area (Å²) < 4.78 is 11.7. The molecule has 3 fully saturated rings. The number of likely N-dealkylation sites (tertiary alicyclic amines) is 1. The van der Waals surface area contributed by atoms with E-state index in [-0.39, 0.29) is 11.3 Å². The van der Waals surface area contributed by atoms with Crippen molar-refractivity contribution in [3.8, 4) is 0 Å². The van der Waals surface area contributed by atoms with Crippen LogP contribution in [-0.2, 0) is 20.7 Å². The van der Waals surface area contributed by atoms with Gasteiger partial charge in [0.15, 0.2) is 0 Å². The lowest BCUT2D eigenvalue weighted by Crippen LogP contribution is -2.37. The van der Waals surface area contributed by atoms with Crippen LogP contribution < -0.4 is 0 Å². The molecule has 0 bridgehead atoms. The molecule has 1 aromatic heterocycles. The Morgan fingerprint density at radius 1 is 1.50 bits per heavy atom. The van der Waals surface area contributed by atoms with Crippen LogP contribution in [0.2, 0.25) is 0 Å². The predicted molar refractivity (Wildman–Crippen MR) is 84.9 cm³/mol. The molecule has 1 aromatic rings. The molecule has 0 spiro atoms. The van der Waals surface area contributed by atoms with Gasteiger partial charge in [0.2, 0.25) is 5.91 Å². The highest BCUT2D eigenvalue weighted by Crippen LogP contribution is 2.42. The van der Waals surface area contributed by atoms with Crippen LogP contribution in [0.3, 0.4) is 0 Å². The first-order valence-electron chi connectivity index (χ1n) is 8.21. The third kappa shape index (κ3) is 2.94. The number of nitrogens with zero attached hydrogens (tertiary/aromatic N) is 1. The van der Waals surface area contributed by atoms with Crippen LogP contribution >= 0.6 is 11.3 Å². The zero-order valence-corrected chi connectivity index (χ0v) is 13.6. The lowest BCUT2D eigenvalue weighted by molar-refractivity contribution is -0.130. The van der Waals surface area contributed by atoms with Gasteiger partial charge in [-0.3, -0.25) is 4.79 Å². The maximum atomic E-state index is 12.5. The molecular formula is C17H23NO3S. The Kier molecular flexibility index (Phi) is 3.96. The molecule has 3 aliphatic rings. The molecule has 4 nitrogen and oxygen atoms in total. The quantitative estimate of drug-likeness (QED) is 0.806. The van der Waals surface area contributed by atoms with E-state index in [0.717, 1.165) is 50.3 Å². The van der Waals surface area contributed by atoms with E-state index in [4.69, 9.17) is 9.47 Å². The van der Waals surface area contributed by atoms with E-state index in [0.29, 0.717) is 12.3 Å². The zero-order valence-electron chi connectivity index (χ0n) is 12.8. The van der Waals surface area contributed by atoms with Crippen molar-refractivity contribution in [1.29, 1.82) is 0 Å². The van der Waals surface area contributed by atoms with Crippen molar-refractivity contribution in [2.24, 2.45) is 17.3 Å². The summed E-state index contributed by atoms with van der Waals surface area (Å²) in [5.74, 6) is 1.48. The number of amides is 1. The average Bonchev–Trinajstić information content (AvgIpc) is 2.89. The minimum Gasteiger partial charge on any atom is -0.380 e. The maximum absolute atomic E-state index is 12.5. The second-order valence-electron chi connectivity index (χ2n) is 7.06. The van der Waals surface area contributed by atoms with E-state index >= 15 is 0 Å². The average molecular weight is 321 g/mol. The summed E-state index contributed by atoms with van der Waals surface area (Å²) >= 11 is 1.66. The molecule has 2 saturated heterocycles. The molecule has 0 radical (unpaired) electrons. The minimum atomic E-state index is 0.0417. The van der Waals surface area contributed by atoms with Crippen molar-refractivity contribution in [3.63, 3.8) is 0 Å². The van der Waals surface area contributed by atoms with Gasteiger partial charge in [-0.25, -0.2) is 0 Å². The summed E-state index contributed by atoms with van der Waals surface area (Å²) in [6.07, 6.45) is 3.17. The van der Waals surface area contributed by atoms with Crippen LogP contribution in [0.5, 0.6) is 0 Å². The fourth-order valence-corrected chi connectivity index (χ4v) is 4.31. The van der Waals surface area contributed by atoms with E-state index in [9.17, 15) is 4.79 Å². The topological polar surface area (TPSA) is 38.8 Å². The van der Waals surface area contributed by atoms with Crippen molar-refractivity contribution in [1.82, 2.24) is 4.90 Å². The van der Waals surface area contributed by atoms with Crippen LogP contribution in [-0.4, -0.2) is 50.3 Å². The van der Waals surface area contributed by atoms with Crippen LogP contribution in [0.4, 0.5) is 0 Å². The lowest BCUT2D eigenvalue weighted by atomic mass is 9.82. The first-order chi connectivity index (χ1) is 10.8. The Hall–Kier alpha value is -0.910. The zero-order chi connectivity index (χ0) is 15.0. The molecule has 0 N–H and O–H groups in total. The molecule has 1 amide bonds. The molecule has 1 saturated carbocycles. The van der Waals surface area contributed by atoms with Gasteiger partial charge in [-0.05, 0) is 30.2 Å². The molecule has 2 aliphatic heterocycles. The first kappa shape index (κ1) is 14.7. The van der Waals surface area contributed by atoms with Gasteiger partial charge in [-0.1, -0.05) is 6.07 Å². The maximum Gasteiger partial charge on any atom is 0.227 e. The summed E-state index contributed by atoms with van der Waals surface area (Å²) in [4.78, 5) is 15.7. The lowest BCUT2D eigenvalue weighted by Gasteiger charge is -2.26. The third-order valence-corrected chi connectivity index (χ3v) is 6.10. The molecule has 0 aromatic carbocycles. The van der Waals surface area contributed by atoms with Gasteiger partial charge in [-0.15, -0.1) is 11.3 Å². The molecule has 5 heteroatoms. The van der Waals surface area contributed by atoms with Crippen molar-refractivity contribution < 1.29 is 14.3 Å². The first-order valence-corrected chi connectivity index (χ1v) is 9.09. The molecule has 22 heavy (non-hydrogen) atoms. The monoisotopic (exact) mass is 321 g/mol. The third-order valence-electron chi connectivity index (χ3n) is 5.22. The Morgan fingerprint density at radius 3 is 3.18 bits per heavy atom. The van der Waals surface area contributed by atoms with Crippen LogP contribution in [0.25, 0.3) is 0 Å². The van der Waals surface area contributed by atoms with Gasteiger partial charge < -0.3 is 14.4 Å². The number of carbonyl (C=O) groups excluding carboxylic acids is 1. The van der Waals surface area contributed by atoms with Gasteiger partial charge in [-0.2, -0.15) is 0 Å². The number of hydrogen-bond acceptors (Lipinski definition) is 4. The molecule has 2 atom stereocenters. The summed E-state index contributed by atoms with van der Waals surface area (Å²) in [6.45, 7) is 4.78. The molecular weight excluding hydrogens is 298 g/mol. The molecule has 0 unspecified atom stereocenters. The standard InChI is InChI=1S/C17H23NO3S/c19-16(6-15-2-1-5-22-15)18-7-14-9-21-12-17(14,10-18)11-20-8-13-3-4-13/h1-2,5,13-14H,3-4,6-12H2/t14-,17-/m1/s1. The second kappa shape index (κ2) is 5.95. The van der Waals surface area contributed by atoms with Crippen molar-refractivity contribution in [2.45, 2.75) is 19.3 Å². The molecule has 120 valence electrons. The minimum absolute atomic E-state index is 0.0417. The van der Waals surface area contributed by atoms with Gasteiger partial charge in [0.1, 0.15) is 0 Å². The van der Waals surface area contributed by atoms with Gasteiger partial charge in [0.05, 0.1) is 26.2 Å². The second-order valence-corrected chi connectivity index (χ2v) is 8.10. The normalized spacial score (nSPS) is 30.7. The molecule has 1 aliphatic carbocycles. The van der Waals surface area contributed by atoms with E-state index < -0.39 is 0 Å². The van der Waals surface area contributed by atoms with Crippen LogP contribution in [0.1, 0.15) is 17.7 Å². The van der Waals surface area contributed by atoms with E-state index in [1.165, 1.54) is 12.8 Å². The highest BCUT2D eigenvalue weighted by Gasteiger charge is 2.52. The van der Waals surface area contributed by atoms with Crippen molar-refractivity contribution in [3.05, 3.63) is 22.4 Å². The largest absolute Gasteiger partial charge is 0.380 e. The van der Waals surface area contributed by atoms with Gasteiger partial charge >= 0.3 is 0 Å². The fraction of sp³-hybridized carbons (Fsp3) is 0.706. The van der Waals surface area contributed by atoms with E-state index in [2.05, 4.69) is 0 Å². The Labute approximate surface area is 135 Å². The molecule has 3 heterocycles. The smallest absolute Gasteiger partial charge is 0.227 e. The fourth-order valence-electron chi connectivity index (χ4n) is 3.61. The van der Waals surface area contributed by atoms with Crippen LogP contribution in [0.15, 0.2) is 17.5 Å². The predicted octanol–water partition coefficient (Wildman–Crippen LogP) is 2.19. The van der Waals surface area contributed by atoms with Crippen molar-refractivity contribution >= 4 is 17.2 Å². The number of carbonyl (C=O) groups is 1. The number of thiophene rings is 1. The van der Waals surface area contributed by atoms with Gasteiger partial charge in [0.25, 0.3) is 0 Å². The highest BCUT2D eigenvalue weighted by molar-refractivity contribution is 7.10. The SMILES string of the molecule is O=C(Cc1cccs1)N1C[C@@H]2COC[C@]2(COCC2CC2)C1. The Morgan fingerprint density at radius 2 is 2.41 bits per heavy atom. The summed E-state index contributed by atoms with van der Waals surface area (Å²) in [6, 6.07) is 4.05.